The Hall–Kier alpha value is -2.53. The molecule has 2 saturated heterocycles. The monoisotopic (exact) mass is 710 g/mol. The van der Waals surface area contributed by atoms with Gasteiger partial charge in [-0.15, -0.1) is 11.8 Å². The molecule has 11 rings (SSSR count). The molecule has 6 aliphatic carbocycles. The van der Waals surface area contributed by atoms with Crippen LogP contribution in [0.3, 0.4) is 0 Å². The predicted molar refractivity (Wildman–Crippen MR) is 217 cm³/mol. The van der Waals surface area contributed by atoms with Crippen molar-refractivity contribution < 1.29 is 4.74 Å². The van der Waals surface area contributed by atoms with Crippen LogP contribution in [0.4, 0.5) is 0 Å². The van der Waals surface area contributed by atoms with Crippen LogP contribution in [0.2, 0.25) is 5.82 Å². The van der Waals surface area contributed by atoms with Gasteiger partial charge in [0, 0.05) is 68.5 Å². The summed E-state index contributed by atoms with van der Waals surface area (Å²) in [4.78, 5) is 7.74. The molecule has 1 saturated carbocycles. The van der Waals surface area contributed by atoms with Crippen molar-refractivity contribution in [2.75, 3.05) is 0 Å². The maximum Gasteiger partial charge on any atom is 0.198 e. The van der Waals surface area contributed by atoms with Crippen molar-refractivity contribution in [3.63, 3.8) is 0 Å². The molecule has 0 aromatic carbocycles. The molecule has 8 unspecified atom stereocenters. The van der Waals surface area contributed by atoms with Crippen LogP contribution in [0.1, 0.15) is 119 Å². The first-order valence-corrected chi connectivity index (χ1v) is 22.1. The second-order valence-electron chi connectivity index (χ2n) is 20.3. The summed E-state index contributed by atoms with van der Waals surface area (Å²) in [5.74, 6) is 4.58. The lowest BCUT2D eigenvalue weighted by atomic mass is 9.26. The highest BCUT2D eigenvalue weighted by Crippen LogP contribution is 2.70. The van der Waals surface area contributed by atoms with Crippen LogP contribution in [0.25, 0.3) is 0 Å². The van der Waals surface area contributed by atoms with E-state index < -0.39 is 0 Å². The number of thioether (sulfide) groups is 1. The molecule has 0 bridgehead atoms. The second-order valence-corrected chi connectivity index (χ2v) is 21.5. The number of allylic oxidation sites excluding steroid dienone is 11. The van der Waals surface area contributed by atoms with Gasteiger partial charge in [-0.05, 0) is 99.9 Å². The van der Waals surface area contributed by atoms with Gasteiger partial charge in [0.2, 0.25) is 0 Å². The van der Waals surface area contributed by atoms with E-state index in [0.717, 1.165) is 19.3 Å². The second kappa shape index (κ2) is 11.0. The van der Waals surface area contributed by atoms with Crippen LogP contribution >= 0.6 is 11.8 Å². The van der Waals surface area contributed by atoms with Gasteiger partial charge in [0.25, 0.3) is 0 Å². The normalized spacial score (nSPS) is 38.9. The molecule has 0 N–H and O–H groups in total. The van der Waals surface area contributed by atoms with Crippen molar-refractivity contribution in [2.24, 2.45) is 28.6 Å². The predicted octanol–water partition coefficient (Wildman–Crippen LogP) is 11.4. The number of ether oxygens (including phenoxy) is 1. The maximum atomic E-state index is 6.76. The molecular formula is C47H59BN2OS. The van der Waals surface area contributed by atoms with Crippen LogP contribution in [0, 0.1) is 28.6 Å². The smallest absolute Gasteiger partial charge is 0.198 e. The Morgan fingerprint density at radius 3 is 2.63 bits per heavy atom. The third-order valence-corrected chi connectivity index (χ3v) is 17.8. The zero-order valence-electron chi connectivity index (χ0n) is 32.8. The molecule has 0 aromatic rings. The van der Waals surface area contributed by atoms with Gasteiger partial charge in [-0.2, -0.15) is 0 Å². The van der Waals surface area contributed by atoms with E-state index in [9.17, 15) is 0 Å². The van der Waals surface area contributed by atoms with E-state index >= 15 is 0 Å². The zero-order valence-corrected chi connectivity index (χ0v) is 33.6. The molecule has 0 amide bonds. The van der Waals surface area contributed by atoms with Crippen LogP contribution in [-0.4, -0.2) is 45.3 Å². The van der Waals surface area contributed by atoms with E-state index in [-0.39, 0.29) is 16.4 Å². The van der Waals surface area contributed by atoms with Gasteiger partial charge in [-0.25, -0.2) is 0 Å². The quantitative estimate of drug-likeness (QED) is 0.199. The van der Waals surface area contributed by atoms with E-state index in [0.29, 0.717) is 53.6 Å². The number of nitrogens with zero attached hydrogens (tertiary/aromatic N) is 2. The minimum atomic E-state index is 0.110. The SMILES string of the molecule is CC1=CC2C3B(C4=C5C(=CC(C(C)(C)C)C4)C4(CCCCC4)C(C)(C)N5C3C1)C1SC3=C(C(C)CC=C3)C1N2C1=CCC2C(=C1)OC1=C2C=CCC1. The summed E-state index contributed by atoms with van der Waals surface area (Å²) in [7, 11) is 0. The largest absolute Gasteiger partial charge is 0.465 e. The molecule has 0 aromatic heterocycles. The molecule has 272 valence electrons. The highest BCUT2D eigenvalue weighted by Gasteiger charge is 2.69. The van der Waals surface area contributed by atoms with Gasteiger partial charge < -0.3 is 14.5 Å². The Kier molecular flexibility index (Phi) is 6.98. The maximum absolute atomic E-state index is 6.76. The van der Waals surface area contributed by atoms with E-state index in [2.05, 4.69) is 119 Å². The van der Waals surface area contributed by atoms with E-state index in [1.807, 2.05) is 5.47 Å². The fraction of sp³-hybridized carbons (Fsp3) is 0.617. The fourth-order valence-electron chi connectivity index (χ4n) is 13.9. The standard InChI is InChI=1S/C47H59BN2OS/c1-27-22-35-41-36(23-27)50-42-33(47(46(50,6)7)20-11-8-12-21-47)24-29(45(3,4)5)25-34(42)48(41)44-43(40-28(2)14-13-17-39(40)52-44)49(35)30-18-19-32-31-15-9-10-16-37(31)51-38(32)26-30/h9,13,15,17-18,22,24,26,28-29,32,35-36,41,43-44H,8,10-12,14,16,19-21,23,25H2,1-7H3. The summed E-state index contributed by atoms with van der Waals surface area (Å²) < 4.78 is 6.76. The van der Waals surface area contributed by atoms with Gasteiger partial charge in [-0.1, -0.05) is 101 Å². The summed E-state index contributed by atoms with van der Waals surface area (Å²) in [6.45, 7) is 18.5. The van der Waals surface area contributed by atoms with Crippen molar-refractivity contribution in [3.8, 4) is 0 Å². The lowest BCUT2D eigenvalue weighted by molar-refractivity contribution is 0.0155. The van der Waals surface area contributed by atoms with Crippen molar-refractivity contribution in [3.05, 3.63) is 104 Å². The van der Waals surface area contributed by atoms with Crippen molar-refractivity contribution >= 4 is 18.5 Å². The third kappa shape index (κ3) is 4.19. The molecule has 0 radical (unpaired) electrons. The minimum absolute atomic E-state index is 0.110. The van der Waals surface area contributed by atoms with E-state index in [4.69, 9.17) is 4.74 Å². The third-order valence-electron chi connectivity index (χ3n) is 16.4. The van der Waals surface area contributed by atoms with Crippen LogP contribution in [-0.2, 0) is 4.74 Å². The number of hydrogen-bond acceptors (Lipinski definition) is 4. The molecule has 1 spiro atoms. The van der Waals surface area contributed by atoms with Gasteiger partial charge >= 0.3 is 0 Å². The summed E-state index contributed by atoms with van der Waals surface area (Å²) in [6.07, 6.45) is 34.2. The summed E-state index contributed by atoms with van der Waals surface area (Å²) in [6, 6.07) is 1.33. The lowest BCUT2D eigenvalue weighted by Crippen LogP contribution is -2.70. The summed E-state index contributed by atoms with van der Waals surface area (Å²) in [5, 5.41) is 0.539. The van der Waals surface area contributed by atoms with Crippen molar-refractivity contribution in [1.82, 2.24) is 9.80 Å². The van der Waals surface area contributed by atoms with E-state index in [1.54, 1.807) is 27.3 Å². The zero-order chi connectivity index (χ0) is 35.5. The number of fused-ring (bicyclic) bond motifs is 8. The number of hydrogen-bond donors (Lipinski definition) is 0. The molecule has 3 fully saturated rings. The van der Waals surface area contributed by atoms with Gasteiger partial charge in [-0.3, -0.25) is 0 Å². The molecule has 3 nitrogen and oxygen atoms in total. The van der Waals surface area contributed by atoms with E-state index in [1.165, 1.54) is 74.2 Å². The van der Waals surface area contributed by atoms with Crippen LogP contribution < -0.4 is 0 Å². The lowest BCUT2D eigenvalue weighted by Gasteiger charge is -2.63. The molecule has 11 aliphatic rings. The van der Waals surface area contributed by atoms with Gasteiger partial charge in [0.1, 0.15) is 11.5 Å². The molecule has 5 aliphatic heterocycles. The number of rotatable bonds is 1. The average molecular weight is 711 g/mol. The Balaban J connectivity index is 1.11. The first kappa shape index (κ1) is 32.9. The van der Waals surface area contributed by atoms with Gasteiger partial charge in [0.05, 0.1) is 6.04 Å². The first-order chi connectivity index (χ1) is 25.0. The molecule has 5 heterocycles. The molecule has 52 heavy (non-hydrogen) atoms. The first-order valence-electron chi connectivity index (χ1n) is 21.2. The highest BCUT2D eigenvalue weighted by molar-refractivity contribution is 8.05. The minimum Gasteiger partial charge on any atom is -0.465 e. The fourth-order valence-corrected chi connectivity index (χ4v) is 15.8. The highest BCUT2D eigenvalue weighted by atomic mass is 32.2. The van der Waals surface area contributed by atoms with Crippen LogP contribution in [0.5, 0.6) is 0 Å². The van der Waals surface area contributed by atoms with Crippen LogP contribution in [0.15, 0.2) is 104 Å². The Morgan fingerprint density at radius 1 is 1.00 bits per heavy atom. The van der Waals surface area contributed by atoms with Crippen molar-refractivity contribution in [1.29, 1.82) is 0 Å². The van der Waals surface area contributed by atoms with Gasteiger partial charge in [0.15, 0.2) is 6.71 Å². The Bertz CT molecular complexity index is 1930. The summed E-state index contributed by atoms with van der Waals surface area (Å²) in [5.41, 5.74) is 12.2. The Labute approximate surface area is 318 Å². The van der Waals surface area contributed by atoms with Crippen molar-refractivity contribution in [2.45, 2.75) is 154 Å². The molecule has 5 heteroatoms. The average Bonchev–Trinajstić information content (AvgIpc) is 3.74. The molecular weight excluding hydrogens is 651 g/mol. The Morgan fingerprint density at radius 2 is 1.83 bits per heavy atom. The topological polar surface area (TPSA) is 15.7 Å². The molecule has 8 atom stereocenters. The summed E-state index contributed by atoms with van der Waals surface area (Å²) >= 11 is 2.29.